The lowest BCUT2D eigenvalue weighted by molar-refractivity contribution is 0.171. The topological polar surface area (TPSA) is 30.5 Å². The van der Waals surface area contributed by atoms with Crippen LogP contribution in [0.4, 0.5) is 0 Å². The van der Waals surface area contributed by atoms with Crippen LogP contribution in [-0.4, -0.2) is 31.8 Å². The molecule has 0 radical (unpaired) electrons. The second-order valence-electron chi connectivity index (χ2n) is 5.13. The Balaban J connectivity index is 1.76. The summed E-state index contributed by atoms with van der Waals surface area (Å²) in [6.07, 6.45) is 6.04. The summed E-state index contributed by atoms with van der Waals surface area (Å²) in [4.78, 5) is 0. The third-order valence-electron chi connectivity index (χ3n) is 3.54. The summed E-state index contributed by atoms with van der Waals surface area (Å²) in [7, 11) is 0. The van der Waals surface area contributed by atoms with E-state index in [1.54, 1.807) is 0 Å². The highest BCUT2D eigenvalue weighted by molar-refractivity contribution is 7.98. The molecule has 20 heavy (non-hydrogen) atoms. The molecule has 0 spiro atoms. The molecule has 0 bridgehead atoms. The summed E-state index contributed by atoms with van der Waals surface area (Å²) >= 11 is 1.93. The van der Waals surface area contributed by atoms with Gasteiger partial charge in [-0.1, -0.05) is 12.5 Å². The Hall–Kier alpha value is -0.870. The van der Waals surface area contributed by atoms with Crippen LogP contribution in [0.15, 0.2) is 18.2 Å². The maximum absolute atomic E-state index is 5.63. The van der Waals surface area contributed by atoms with Gasteiger partial charge in [-0.05, 0) is 56.0 Å². The average Bonchev–Trinajstić information content (AvgIpc) is 2.50. The molecule has 4 heteroatoms. The van der Waals surface area contributed by atoms with Gasteiger partial charge in [-0.3, -0.25) is 0 Å². The predicted molar refractivity (Wildman–Crippen MR) is 86.1 cm³/mol. The van der Waals surface area contributed by atoms with E-state index in [0.29, 0.717) is 19.3 Å². The number of hydrogen-bond acceptors (Lipinski definition) is 4. The molecule has 0 saturated heterocycles. The van der Waals surface area contributed by atoms with Crippen molar-refractivity contribution in [2.45, 2.75) is 32.2 Å². The fraction of sp³-hybridized carbons (Fsp3) is 0.625. The minimum absolute atomic E-state index is 0.353. The third-order valence-corrected chi connectivity index (χ3v) is 4.24. The van der Waals surface area contributed by atoms with Crippen LogP contribution in [0.5, 0.6) is 11.5 Å². The Kier molecular flexibility index (Phi) is 6.54. The van der Waals surface area contributed by atoms with Gasteiger partial charge in [-0.2, -0.15) is 11.8 Å². The van der Waals surface area contributed by atoms with Crippen LogP contribution < -0.4 is 14.8 Å². The zero-order valence-electron chi connectivity index (χ0n) is 12.5. The molecule has 1 heterocycles. The molecule has 0 aromatic heterocycles. The van der Waals surface area contributed by atoms with Gasteiger partial charge in [0.1, 0.15) is 13.2 Å². The molecule has 0 aliphatic carbocycles. The molecule has 1 aromatic carbocycles. The van der Waals surface area contributed by atoms with Crippen LogP contribution in [0, 0.1) is 0 Å². The van der Waals surface area contributed by atoms with Crippen molar-refractivity contribution in [2.75, 3.05) is 31.8 Å². The first-order chi connectivity index (χ1) is 9.81. The summed E-state index contributed by atoms with van der Waals surface area (Å²) in [5.74, 6) is 3.02. The fourth-order valence-corrected chi connectivity index (χ4v) is 2.81. The van der Waals surface area contributed by atoms with Gasteiger partial charge in [0, 0.05) is 6.04 Å². The van der Waals surface area contributed by atoms with Crippen molar-refractivity contribution in [1.29, 1.82) is 0 Å². The molecular formula is C16H25NO2S. The van der Waals surface area contributed by atoms with Gasteiger partial charge < -0.3 is 14.8 Å². The van der Waals surface area contributed by atoms with Gasteiger partial charge >= 0.3 is 0 Å². The molecule has 1 unspecified atom stereocenters. The first-order valence-electron chi connectivity index (χ1n) is 7.43. The van der Waals surface area contributed by atoms with Crippen molar-refractivity contribution in [3.8, 4) is 11.5 Å². The summed E-state index contributed by atoms with van der Waals surface area (Å²) in [5.41, 5.74) is 1.26. The molecule has 0 saturated carbocycles. The summed E-state index contributed by atoms with van der Waals surface area (Å²) in [6.45, 7) is 4.57. The standard InChI is InChI=1S/C16H25NO2S/c1-13(17-8-4-3-5-11-20-2)14-6-7-15-16(12-14)19-10-9-18-15/h6-7,12-13,17H,3-5,8-11H2,1-2H3. The number of benzene rings is 1. The fourth-order valence-electron chi connectivity index (χ4n) is 2.31. The zero-order chi connectivity index (χ0) is 14.2. The number of thioether (sulfide) groups is 1. The third kappa shape index (κ3) is 4.60. The molecule has 112 valence electrons. The molecule has 1 aliphatic heterocycles. The van der Waals surface area contributed by atoms with Crippen molar-refractivity contribution in [1.82, 2.24) is 5.32 Å². The molecule has 1 atom stereocenters. The van der Waals surface area contributed by atoms with E-state index in [1.165, 1.54) is 30.6 Å². The number of hydrogen-bond donors (Lipinski definition) is 1. The Bertz CT molecular complexity index is 411. The SMILES string of the molecule is CSCCCCCNC(C)c1ccc2c(c1)OCCO2. The van der Waals surface area contributed by atoms with Crippen molar-refractivity contribution in [3.63, 3.8) is 0 Å². The minimum Gasteiger partial charge on any atom is -0.486 e. The molecule has 0 fully saturated rings. The van der Waals surface area contributed by atoms with E-state index in [-0.39, 0.29) is 0 Å². The van der Waals surface area contributed by atoms with Crippen molar-refractivity contribution >= 4 is 11.8 Å². The summed E-state index contributed by atoms with van der Waals surface area (Å²) in [5, 5.41) is 3.58. The maximum Gasteiger partial charge on any atom is 0.161 e. The first kappa shape index (κ1) is 15.5. The molecule has 1 N–H and O–H groups in total. The summed E-state index contributed by atoms with van der Waals surface area (Å²) in [6, 6.07) is 6.59. The molecule has 3 nitrogen and oxygen atoms in total. The largest absolute Gasteiger partial charge is 0.486 e. The van der Waals surface area contributed by atoms with Crippen molar-refractivity contribution in [3.05, 3.63) is 23.8 Å². The molecule has 2 rings (SSSR count). The van der Waals surface area contributed by atoms with Gasteiger partial charge in [0.05, 0.1) is 0 Å². The number of rotatable bonds is 8. The van der Waals surface area contributed by atoms with Crippen LogP contribution in [0.25, 0.3) is 0 Å². The van der Waals surface area contributed by atoms with Gasteiger partial charge in [0.2, 0.25) is 0 Å². The average molecular weight is 295 g/mol. The minimum atomic E-state index is 0.353. The Labute approximate surface area is 126 Å². The van der Waals surface area contributed by atoms with E-state index in [1.807, 2.05) is 17.8 Å². The van der Waals surface area contributed by atoms with Crippen LogP contribution >= 0.6 is 11.8 Å². The van der Waals surface area contributed by atoms with E-state index in [0.717, 1.165) is 18.0 Å². The van der Waals surface area contributed by atoms with E-state index >= 15 is 0 Å². The molecule has 1 aromatic rings. The Morgan fingerprint density at radius 3 is 2.75 bits per heavy atom. The van der Waals surface area contributed by atoms with Gasteiger partial charge in [0.15, 0.2) is 11.5 Å². The molecule has 1 aliphatic rings. The first-order valence-corrected chi connectivity index (χ1v) is 8.82. The predicted octanol–water partition coefficient (Wildman–Crippen LogP) is 3.64. The van der Waals surface area contributed by atoms with Crippen LogP contribution in [0.3, 0.4) is 0 Å². The quantitative estimate of drug-likeness (QED) is 0.742. The van der Waals surface area contributed by atoms with E-state index in [9.17, 15) is 0 Å². The molecule has 0 amide bonds. The monoisotopic (exact) mass is 295 g/mol. The van der Waals surface area contributed by atoms with Gasteiger partial charge in [-0.15, -0.1) is 0 Å². The van der Waals surface area contributed by atoms with Crippen LogP contribution in [0.1, 0.15) is 37.8 Å². The van der Waals surface area contributed by atoms with E-state index < -0.39 is 0 Å². The summed E-state index contributed by atoms with van der Waals surface area (Å²) < 4.78 is 11.2. The van der Waals surface area contributed by atoms with Crippen molar-refractivity contribution < 1.29 is 9.47 Å². The van der Waals surface area contributed by atoms with E-state index in [2.05, 4.69) is 30.6 Å². The Morgan fingerprint density at radius 1 is 1.15 bits per heavy atom. The highest BCUT2D eigenvalue weighted by atomic mass is 32.2. The lowest BCUT2D eigenvalue weighted by Crippen LogP contribution is -2.21. The molecular weight excluding hydrogens is 270 g/mol. The number of nitrogens with one attached hydrogen (secondary N) is 1. The lowest BCUT2D eigenvalue weighted by atomic mass is 10.1. The highest BCUT2D eigenvalue weighted by Crippen LogP contribution is 2.32. The Morgan fingerprint density at radius 2 is 1.95 bits per heavy atom. The zero-order valence-corrected chi connectivity index (χ0v) is 13.3. The maximum atomic E-state index is 5.63. The van der Waals surface area contributed by atoms with Gasteiger partial charge in [0.25, 0.3) is 0 Å². The smallest absolute Gasteiger partial charge is 0.161 e. The normalized spacial score (nSPS) is 15.1. The second-order valence-corrected chi connectivity index (χ2v) is 6.12. The lowest BCUT2D eigenvalue weighted by Gasteiger charge is -2.21. The highest BCUT2D eigenvalue weighted by Gasteiger charge is 2.13. The van der Waals surface area contributed by atoms with Crippen LogP contribution in [-0.2, 0) is 0 Å². The van der Waals surface area contributed by atoms with Crippen LogP contribution in [0.2, 0.25) is 0 Å². The number of fused-ring (bicyclic) bond motifs is 1. The van der Waals surface area contributed by atoms with Gasteiger partial charge in [-0.25, -0.2) is 0 Å². The van der Waals surface area contributed by atoms with Crippen molar-refractivity contribution in [2.24, 2.45) is 0 Å². The van der Waals surface area contributed by atoms with E-state index in [4.69, 9.17) is 9.47 Å². The number of unbranched alkanes of at least 4 members (excludes halogenated alkanes) is 2. The second kappa shape index (κ2) is 8.42. The number of ether oxygens (including phenoxy) is 2.